The van der Waals surface area contributed by atoms with Crippen LogP contribution in [0.1, 0.15) is 20.3 Å². The number of para-hydroxylation sites is 1. The number of carbonyl (C=O) groups excluding carboxylic acids is 1. The zero-order valence-electron chi connectivity index (χ0n) is 16.6. The summed E-state index contributed by atoms with van der Waals surface area (Å²) in [5.74, 6) is 0.000186. The van der Waals surface area contributed by atoms with Crippen LogP contribution in [0.25, 0.3) is 28.0 Å². The zero-order valence-corrected chi connectivity index (χ0v) is 17.4. The molecule has 0 aliphatic carbocycles. The lowest BCUT2D eigenvalue weighted by atomic mass is 10.1. The summed E-state index contributed by atoms with van der Waals surface area (Å²) < 4.78 is 20.6. The summed E-state index contributed by atoms with van der Waals surface area (Å²) in [5.41, 5.74) is 2.56. The van der Waals surface area contributed by atoms with E-state index < -0.39 is 5.25 Å². The Labute approximate surface area is 177 Å². The first-order valence-corrected chi connectivity index (χ1v) is 10.6. The largest absolute Gasteiger partial charge is 0.465 e. The first kappa shape index (κ1) is 20.2. The first-order chi connectivity index (χ1) is 14.6. The van der Waals surface area contributed by atoms with Crippen LogP contribution in [0.3, 0.4) is 0 Å². The maximum absolute atomic E-state index is 13.6. The number of thioether (sulfide) groups is 1. The van der Waals surface area contributed by atoms with Gasteiger partial charge in [-0.2, -0.15) is 0 Å². The minimum absolute atomic E-state index is 0.285. The van der Waals surface area contributed by atoms with Gasteiger partial charge in [0.1, 0.15) is 11.1 Å². The molecule has 8 heteroatoms. The normalized spacial score (nSPS) is 12.2. The number of halogens is 1. The Hall–Kier alpha value is -3.13. The summed E-state index contributed by atoms with van der Waals surface area (Å²) in [6.07, 6.45) is 2.47. The van der Waals surface area contributed by atoms with Crippen molar-refractivity contribution in [3.05, 3.63) is 60.5 Å². The van der Waals surface area contributed by atoms with Crippen LogP contribution in [0.5, 0.6) is 0 Å². The van der Waals surface area contributed by atoms with Crippen molar-refractivity contribution in [3.63, 3.8) is 0 Å². The average Bonchev–Trinajstić information content (AvgIpc) is 3.36. The molecule has 0 bridgehead atoms. The van der Waals surface area contributed by atoms with Crippen molar-refractivity contribution in [2.75, 3.05) is 6.61 Å². The van der Waals surface area contributed by atoms with Crippen LogP contribution < -0.4 is 0 Å². The SMILES string of the molecule is CCOC(=O)C(CC)Sc1nnc(-c2c[nH]c3ccccc23)n1-c1ccc(F)cc1. The number of hydrogen-bond donors (Lipinski definition) is 1. The van der Waals surface area contributed by atoms with Gasteiger partial charge in [-0.1, -0.05) is 36.9 Å². The number of nitrogens with zero attached hydrogens (tertiary/aromatic N) is 3. The van der Waals surface area contributed by atoms with Crippen LogP contribution in [0.4, 0.5) is 4.39 Å². The lowest BCUT2D eigenvalue weighted by Gasteiger charge is -2.14. The van der Waals surface area contributed by atoms with E-state index in [-0.39, 0.29) is 11.8 Å². The maximum atomic E-state index is 13.6. The summed E-state index contributed by atoms with van der Waals surface area (Å²) in [7, 11) is 0. The topological polar surface area (TPSA) is 72.8 Å². The van der Waals surface area contributed by atoms with Gasteiger partial charge in [0.05, 0.1) is 6.61 Å². The third-order valence-electron chi connectivity index (χ3n) is 4.72. The molecule has 6 nitrogen and oxygen atoms in total. The minimum Gasteiger partial charge on any atom is -0.465 e. The molecule has 0 aliphatic rings. The van der Waals surface area contributed by atoms with Crippen molar-refractivity contribution in [3.8, 4) is 17.1 Å². The van der Waals surface area contributed by atoms with Gasteiger partial charge < -0.3 is 9.72 Å². The van der Waals surface area contributed by atoms with Gasteiger partial charge in [-0.15, -0.1) is 10.2 Å². The molecule has 0 amide bonds. The van der Waals surface area contributed by atoms with E-state index in [1.54, 1.807) is 19.1 Å². The number of hydrogen-bond acceptors (Lipinski definition) is 5. The van der Waals surface area contributed by atoms with E-state index in [1.165, 1.54) is 23.9 Å². The molecule has 30 heavy (non-hydrogen) atoms. The Morgan fingerprint density at radius 3 is 2.67 bits per heavy atom. The number of ether oxygens (including phenoxy) is 1. The molecule has 0 fully saturated rings. The Balaban J connectivity index is 1.83. The van der Waals surface area contributed by atoms with E-state index in [4.69, 9.17) is 4.74 Å². The molecule has 0 aliphatic heterocycles. The molecule has 1 unspecified atom stereocenters. The van der Waals surface area contributed by atoms with Gasteiger partial charge in [0.15, 0.2) is 11.0 Å². The molecule has 0 spiro atoms. The van der Waals surface area contributed by atoms with Crippen molar-refractivity contribution in [2.45, 2.75) is 30.7 Å². The van der Waals surface area contributed by atoms with Gasteiger partial charge in [-0.05, 0) is 43.7 Å². The van der Waals surface area contributed by atoms with E-state index in [1.807, 2.05) is 42.0 Å². The van der Waals surface area contributed by atoms with Crippen molar-refractivity contribution in [2.24, 2.45) is 0 Å². The van der Waals surface area contributed by atoms with E-state index in [0.29, 0.717) is 29.7 Å². The number of aromatic nitrogens is 4. The second-order valence-corrected chi connectivity index (χ2v) is 7.80. The Bertz CT molecular complexity index is 1170. The molecule has 0 saturated carbocycles. The summed E-state index contributed by atoms with van der Waals surface area (Å²) in [6.45, 7) is 4.03. The maximum Gasteiger partial charge on any atom is 0.319 e. The molecular formula is C22H21FN4O2S. The standard InChI is InChI=1S/C22H21FN4O2S/c1-3-19(21(28)29-4-2)30-22-26-25-20(27(22)15-11-9-14(23)10-12-15)17-13-24-18-8-6-5-7-16(17)18/h5-13,19,24H,3-4H2,1-2H3. The predicted octanol–water partition coefficient (Wildman–Crippen LogP) is 4.99. The molecule has 0 saturated heterocycles. The van der Waals surface area contributed by atoms with Crippen LogP contribution in [0, 0.1) is 5.82 Å². The molecule has 1 N–H and O–H groups in total. The number of benzene rings is 2. The van der Waals surface area contributed by atoms with Gasteiger partial charge >= 0.3 is 5.97 Å². The molecule has 4 aromatic rings. The van der Waals surface area contributed by atoms with Crippen molar-refractivity contribution in [1.29, 1.82) is 0 Å². The molecule has 2 heterocycles. The third-order valence-corrected chi connectivity index (χ3v) is 6.00. The molecule has 154 valence electrons. The van der Waals surface area contributed by atoms with Crippen LogP contribution in [0.2, 0.25) is 0 Å². The smallest absolute Gasteiger partial charge is 0.319 e. The number of H-pyrrole nitrogens is 1. The zero-order chi connectivity index (χ0) is 21.1. The summed E-state index contributed by atoms with van der Waals surface area (Å²) in [5, 5.41) is 9.93. The lowest BCUT2D eigenvalue weighted by molar-refractivity contribution is -0.142. The predicted molar refractivity (Wildman–Crippen MR) is 115 cm³/mol. The second-order valence-electron chi connectivity index (χ2n) is 6.63. The quantitative estimate of drug-likeness (QED) is 0.334. The van der Waals surface area contributed by atoms with Gasteiger partial charge in [0, 0.05) is 28.4 Å². The third kappa shape index (κ3) is 3.82. The van der Waals surface area contributed by atoms with Crippen LogP contribution in [0.15, 0.2) is 59.9 Å². The number of esters is 1. The van der Waals surface area contributed by atoms with E-state index >= 15 is 0 Å². The summed E-state index contributed by atoms with van der Waals surface area (Å²) in [4.78, 5) is 15.6. The number of nitrogens with one attached hydrogen (secondary N) is 1. The molecule has 2 aromatic heterocycles. The Morgan fingerprint density at radius 1 is 1.17 bits per heavy atom. The molecule has 4 rings (SSSR count). The highest BCUT2D eigenvalue weighted by molar-refractivity contribution is 8.00. The van der Waals surface area contributed by atoms with E-state index in [9.17, 15) is 9.18 Å². The highest BCUT2D eigenvalue weighted by atomic mass is 32.2. The lowest BCUT2D eigenvalue weighted by Crippen LogP contribution is -2.20. The van der Waals surface area contributed by atoms with Crippen LogP contribution >= 0.6 is 11.8 Å². The van der Waals surface area contributed by atoms with Gasteiger partial charge in [0.2, 0.25) is 0 Å². The second kappa shape index (κ2) is 8.71. The molecule has 1 atom stereocenters. The molecule has 2 aromatic carbocycles. The Morgan fingerprint density at radius 2 is 1.93 bits per heavy atom. The van der Waals surface area contributed by atoms with Crippen molar-refractivity contribution in [1.82, 2.24) is 19.7 Å². The van der Waals surface area contributed by atoms with E-state index in [2.05, 4.69) is 15.2 Å². The van der Waals surface area contributed by atoms with Gasteiger partial charge in [0.25, 0.3) is 0 Å². The number of rotatable bonds is 7. The fourth-order valence-corrected chi connectivity index (χ4v) is 4.23. The van der Waals surface area contributed by atoms with E-state index in [0.717, 1.165) is 16.5 Å². The minimum atomic E-state index is -0.413. The summed E-state index contributed by atoms with van der Waals surface area (Å²) >= 11 is 1.30. The highest BCUT2D eigenvalue weighted by Crippen LogP contribution is 2.34. The highest BCUT2D eigenvalue weighted by Gasteiger charge is 2.25. The summed E-state index contributed by atoms with van der Waals surface area (Å²) in [6, 6.07) is 14.0. The van der Waals surface area contributed by atoms with Crippen LogP contribution in [-0.4, -0.2) is 37.6 Å². The fraction of sp³-hybridized carbons (Fsp3) is 0.227. The average molecular weight is 425 g/mol. The van der Waals surface area contributed by atoms with Crippen LogP contribution in [-0.2, 0) is 9.53 Å². The Kier molecular flexibility index (Phi) is 5.85. The number of aromatic amines is 1. The first-order valence-electron chi connectivity index (χ1n) is 9.73. The number of carbonyl (C=O) groups is 1. The van der Waals surface area contributed by atoms with Crippen molar-refractivity contribution < 1.29 is 13.9 Å². The molecular weight excluding hydrogens is 403 g/mol. The van der Waals surface area contributed by atoms with Crippen molar-refractivity contribution >= 4 is 28.6 Å². The van der Waals surface area contributed by atoms with Gasteiger partial charge in [-0.25, -0.2) is 4.39 Å². The molecule has 0 radical (unpaired) electrons. The van der Waals surface area contributed by atoms with Gasteiger partial charge in [-0.3, -0.25) is 9.36 Å². The fourth-order valence-electron chi connectivity index (χ4n) is 3.26. The number of fused-ring (bicyclic) bond motifs is 1. The monoisotopic (exact) mass is 424 g/mol.